The predicted molar refractivity (Wildman–Crippen MR) is 96.9 cm³/mol. The van der Waals surface area contributed by atoms with E-state index >= 15 is 0 Å². The van der Waals surface area contributed by atoms with E-state index in [1.165, 1.54) is 4.88 Å². The standard InChI is InChI=1S/C17H23F3N4OS/c1-2-13-10-14-15(21-12-22-16(14)26-13)24-7-5-23(6-8-24)4-3-9-25-11-17(18,19)20/h10,12H,2-9,11H2,1H3. The number of nitrogens with zero attached hydrogens (tertiary/aromatic N) is 4. The molecule has 1 fully saturated rings. The minimum absolute atomic E-state index is 0.140. The van der Waals surface area contributed by atoms with Crippen LogP contribution in [0.5, 0.6) is 0 Å². The van der Waals surface area contributed by atoms with Gasteiger partial charge in [0.25, 0.3) is 0 Å². The number of hydrogen-bond acceptors (Lipinski definition) is 6. The van der Waals surface area contributed by atoms with Crippen LogP contribution in [0.25, 0.3) is 10.2 Å². The van der Waals surface area contributed by atoms with Crippen LogP contribution in [-0.4, -0.2) is 67.0 Å². The van der Waals surface area contributed by atoms with E-state index in [0.29, 0.717) is 6.42 Å². The smallest absolute Gasteiger partial charge is 0.372 e. The van der Waals surface area contributed by atoms with Crippen LogP contribution < -0.4 is 4.90 Å². The van der Waals surface area contributed by atoms with Gasteiger partial charge in [0.15, 0.2) is 0 Å². The van der Waals surface area contributed by atoms with E-state index in [0.717, 1.165) is 55.2 Å². The zero-order chi connectivity index (χ0) is 18.6. The fourth-order valence-corrected chi connectivity index (χ4v) is 4.01. The van der Waals surface area contributed by atoms with Crippen molar-refractivity contribution in [3.8, 4) is 0 Å². The van der Waals surface area contributed by atoms with Gasteiger partial charge in [0.1, 0.15) is 23.6 Å². The topological polar surface area (TPSA) is 41.5 Å². The lowest BCUT2D eigenvalue weighted by Crippen LogP contribution is -2.47. The first kappa shape index (κ1) is 19.3. The van der Waals surface area contributed by atoms with Gasteiger partial charge >= 0.3 is 6.18 Å². The molecule has 0 N–H and O–H groups in total. The van der Waals surface area contributed by atoms with E-state index in [4.69, 9.17) is 0 Å². The number of halogens is 3. The summed E-state index contributed by atoms with van der Waals surface area (Å²) in [4.78, 5) is 15.7. The number of aryl methyl sites for hydroxylation is 1. The van der Waals surface area contributed by atoms with Crippen LogP contribution in [0.15, 0.2) is 12.4 Å². The van der Waals surface area contributed by atoms with Gasteiger partial charge in [-0.3, -0.25) is 4.90 Å². The minimum Gasteiger partial charge on any atom is -0.372 e. The maximum atomic E-state index is 12.0. The number of hydrogen-bond donors (Lipinski definition) is 0. The van der Waals surface area contributed by atoms with Crippen molar-refractivity contribution in [1.82, 2.24) is 14.9 Å². The van der Waals surface area contributed by atoms with Crippen molar-refractivity contribution in [2.24, 2.45) is 0 Å². The van der Waals surface area contributed by atoms with E-state index in [1.807, 2.05) is 0 Å². The van der Waals surface area contributed by atoms with Crippen molar-refractivity contribution >= 4 is 27.4 Å². The fourth-order valence-electron chi connectivity index (χ4n) is 3.08. The zero-order valence-electron chi connectivity index (χ0n) is 14.8. The number of anilines is 1. The molecule has 26 heavy (non-hydrogen) atoms. The number of aromatic nitrogens is 2. The number of alkyl halides is 3. The van der Waals surface area contributed by atoms with Crippen LogP contribution in [0.4, 0.5) is 19.0 Å². The molecule has 0 aromatic carbocycles. The molecule has 3 rings (SSSR count). The van der Waals surface area contributed by atoms with E-state index in [1.54, 1.807) is 17.7 Å². The molecule has 1 aliphatic rings. The molecule has 5 nitrogen and oxygen atoms in total. The third-order valence-corrected chi connectivity index (χ3v) is 5.60. The van der Waals surface area contributed by atoms with Crippen molar-refractivity contribution in [2.75, 3.05) is 50.8 Å². The maximum absolute atomic E-state index is 12.0. The highest BCUT2D eigenvalue weighted by atomic mass is 32.1. The highest BCUT2D eigenvalue weighted by molar-refractivity contribution is 7.18. The number of ether oxygens (including phenoxy) is 1. The Morgan fingerprint density at radius 3 is 2.65 bits per heavy atom. The van der Waals surface area contributed by atoms with Gasteiger partial charge < -0.3 is 9.64 Å². The molecule has 0 amide bonds. The molecule has 1 aliphatic heterocycles. The van der Waals surface area contributed by atoms with Gasteiger partial charge in [0.2, 0.25) is 0 Å². The van der Waals surface area contributed by atoms with Gasteiger partial charge in [0, 0.05) is 44.2 Å². The summed E-state index contributed by atoms with van der Waals surface area (Å²) in [5, 5.41) is 1.11. The number of fused-ring (bicyclic) bond motifs is 1. The molecule has 144 valence electrons. The Labute approximate surface area is 154 Å². The lowest BCUT2D eigenvalue weighted by Gasteiger charge is -2.35. The highest BCUT2D eigenvalue weighted by Gasteiger charge is 2.27. The second kappa shape index (κ2) is 8.49. The molecule has 0 atom stereocenters. The van der Waals surface area contributed by atoms with Crippen LogP contribution in [-0.2, 0) is 11.2 Å². The zero-order valence-corrected chi connectivity index (χ0v) is 15.6. The van der Waals surface area contributed by atoms with Gasteiger partial charge in [-0.05, 0) is 18.9 Å². The van der Waals surface area contributed by atoms with Gasteiger partial charge in [-0.25, -0.2) is 9.97 Å². The minimum atomic E-state index is -4.24. The molecule has 9 heteroatoms. The van der Waals surface area contributed by atoms with Crippen LogP contribution in [0.2, 0.25) is 0 Å². The van der Waals surface area contributed by atoms with Crippen molar-refractivity contribution in [2.45, 2.75) is 25.9 Å². The molecular weight excluding hydrogens is 365 g/mol. The number of rotatable bonds is 7. The molecular formula is C17H23F3N4OS. The van der Waals surface area contributed by atoms with Crippen LogP contribution in [0, 0.1) is 0 Å². The van der Waals surface area contributed by atoms with Crippen molar-refractivity contribution in [3.63, 3.8) is 0 Å². The van der Waals surface area contributed by atoms with Crippen molar-refractivity contribution in [1.29, 1.82) is 0 Å². The summed E-state index contributed by atoms with van der Waals surface area (Å²) >= 11 is 1.71. The van der Waals surface area contributed by atoms with Crippen LogP contribution >= 0.6 is 11.3 Å². The third kappa shape index (κ3) is 5.05. The molecule has 1 saturated heterocycles. The van der Waals surface area contributed by atoms with E-state index in [-0.39, 0.29) is 6.61 Å². The second-order valence-electron chi connectivity index (χ2n) is 6.33. The molecule has 0 unspecified atom stereocenters. The Morgan fingerprint density at radius 1 is 1.19 bits per heavy atom. The number of thiophene rings is 1. The molecule has 2 aromatic rings. The average molecular weight is 388 g/mol. The highest BCUT2D eigenvalue weighted by Crippen LogP contribution is 2.30. The fraction of sp³-hybridized carbons (Fsp3) is 0.647. The summed E-state index contributed by atoms with van der Waals surface area (Å²) in [5.41, 5.74) is 0. The largest absolute Gasteiger partial charge is 0.411 e. The normalized spacial score (nSPS) is 16.5. The predicted octanol–water partition coefficient (Wildman–Crippen LogP) is 3.34. The van der Waals surface area contributed by atoms with E-state index in [9.17, 15) is 13.2 Å². The van der Waals surface area contributed by atoms with Gasteiger partial charge in [-0.2, -0.15) is 13.2 Å². The van der Waals surface area contributed by atoms with Crippen molar-refractivity contribution in [3.05, 3.63) is 17.3 Å². The average Bonchev–Trinajstić information content (AvgIpc) is 3.04. The Kier molecular flexibility index (Phi) is 6.31. The summed E-state index contributed by atoms with van der Waals surface area (Å²) in [5.74, 6) is 0.985. The summed E-state index contributed by atoms with van der Waals surface area (Å²) in [6.07, 6.45) is -1.02. The SMILES string of the molecule is CCc1cc2c(N3CCN(CCCOCC(F)(F)F)CC3)ncnc2s1. The third-order valence-electron chi connectivity index (χ3n) is 4.41. The summed E-state index contributed by atoms with van der Waals surface area (Å²) < 4.78 is 40.7. The maximum Gasteiger partial charge on any atom is 0.411 e. The molecule has 0 spiro atoms. The second-order valence-corrected chi connectivity index (χ2v) is 7.45. The summed E-state index contributed by atoms with van der Waals surface area (Å²) in [6, 6.07) is 2.18. The summed E-state index contributed by atoms with van der Waals surface area (Å²) in [7, 11) is 0. The molecule has 3 heterocycles. The van der Waals surface area contributed by atoms with E-state index < -0.39 is 12.8 Å². The monoisotopic (exact) mass is 388 g/mol. The first-order valence-electron chi connectivity index (χ1n) is 8.81. The molecule has 0 bridgehead atoms. The lowest BCUT2D eigenvalue weighted by molar-refractivity contribution is -0.174. The van der Waals surface area contributed by atoms with Gasteiger partial charge in [-0.1, -0.05) is 6.92 Å². The lowest BCUT2D eigenvalue weighted by atomic mass is 10.2. The molecule has 0 radical (unpaired) electrons. The first-order chi connectivity index (χ1) is 12.5. The quantitative estimate of drug-likeness (QED) is 0.681. The van der Waals surface area contributed by atoms with E-state index in [2.05, 4.69) is 37.5 Å². The Bertz CT molecular complexity index is 714. The van der Waals surface area contributed by atoms with Gasteiger partial charge in [0.05, 0.1) is 5.39 Å². The molecule has 0 saturated carbocycles. The first-order valence-corrected chi connectivity index (χ1v) is 9.63. The number of piperazine rings is 1. The Morgan fingerprint density at radius 2 is 1.96 bits per heavy atom. The van der Waals surface area contributed by atoms with Crippen LogP contribution in [0.1, 0.15) is 18.2 Å². The molecule has 0 aliphatic carbocycles. The molecule has 2 aromatic heterocycles. The van der Waals surface area contributed by atoms with Gasteiger partial charge in [-0.15, -0.1) is 11.3 Å². The Balaban J connectivity index is 1.47. The Hall–Kier alpha value is -1.45. The summed E-state index contributed by atoms with van der Waals surface area (Å²) in [6.45, 7) is 5.31. The van der Waals surface area contributed by atoms with Crippen molar-refractivity contribution < 1.29 is 17.9 Å². The van der Waals surface area contributed by atoms with Crippen LogP contribution in [0.3, 0.4) is 0 Å².